The minimum Gasteiger partial charge on any atom is -0.478 e. The van der Waals surface area contributed by atoms with Crippen LogP contribution in [0.25, 0.3) is 11.1 Å². The maximum absolute atomic E-state index is 13.5. The highest BCUT2D eigenvalue weighted by molar-refractivity contribution is 6.08. The van der Waals surface area contributed by atoms with Crippen molar-refractivity contribution in [3.8, 4) is 16.9 Å². The van der Waals surface area contributed by atoms with Gasteiger partial charge in [-0.25, -0.2) is 0 Å². The monoisotopic (exact) mass is 506 g/mol. The number of rotatable bonds is 4. The molecule has 0 saturated carbocycles. The molecule has 3 heterocycles. The Hall–Kier alpha value is -3.23. The number of ether oxygens (including phenoxy) is 2. The van der Waals surface area contributed by atoms with E-state index in [0.717, 1.165) is 11.1 Å². The van der Waals surface area contributed by atoms with Gasteiger partial charge in [-0.15, -0.1) is 0 Å². The van der Waals surface area contributed by atoms with Crippen molar-refractivity contribution in [2.45, 2.75) is 57.3 Å². The van der Waals surface area contributed by atoms with Crippen LogP contribution in [0.5, 0.6) is 5.75 Å². The molecule has 37 heavy (non-hydrogen) atoms. The van der Waals surface area contributed by atoms with Crippen molar-refractivity contribution in [3.63, 3.8) is 0 Å². The molecule has 3 aliphatic heterocycles. The predicted molar refractivity (Wildman–Crippen MR) is 138 cm³/mol. The molecular weight excluding hydrogens is 472 g/mol. The van der Waals surface area contributed by atoms with Gasteiger partial charge in [0.05, 0.1) is 17.3 Å². The van der Waals surface area contributed by atoms with Crippen LogP contribution in [0.3, 0.4) is 0 Å². The fraction of sp³-hybridized carbons (Fsp3) is 0.483. The van der Waals surface area contributed by atoms with Crippen LogP contribution in [0.15, 0.2) is 42.5 Å². The largest absolute Gasteiger partial charge is 0.478 e. The van der Waals surface area contributed by atoms with Gasteiger partial charge in [0.25, 0.3) is 5.91 Å². The molecule has 1 atom stereocenters. The summed E-state index contributed by atoms with van der Waals surface area (Å²) in [6.07, 6.45) is 1.04. The Morgan fingerprint density at radius 3 is 2.32 bits per heavy atom. The number of benzene rings is 2. The van der Waals surface area contributed by atoms with Gasteiger partial charge < -0.3 is 24.4 Å². The summed E-state index contributed by atoms with van der Waals surface area (Å²) in [7, 11) is 0. The highest BCUT2D eigenvalue weighted by Crippen LogP contribution is 2.42. The third kappa shape index (κ3) is 5.13. The van der Waals surface area contributed by atoms with E-state index in [9.17, 15) is 19.5 Å². The van der Waals surface area contributed by atoms with Gasteiger partial charge in [0, 0.05) is 44.6 Å². The van der Waals surface area contributed by atoms with E-state index >= 15 is 0 Å². The average Bonchev–Trinajstić information content (AvgIpc) is 3.43. The third-order valence-electron chi connectivity index (χ3n) is 7.41. The Morgan fingerprint density at radius 1 is 1.03 bits per heavy atom. The number of nitrogens with zero attached hydrogens (tertiary/aromatic N) is 2. The molecule has 1 N–H and O–H groups in total. The van der Waals surface area contributed by atoms with Crippen molar-refractivity contribution in [2.24, 2.45) is 0 Å². The van der Waals surface area contributed by atoms with Crippen molar-refractivity contribution in [2.75, 3.05) is 32.8 Å². The Morgan fingerprint density at radius 2 is 1.70 bits per heavy atom. The molecule has 2 saturated heterocycles. The van der Waals surface area contributed by atoms with Crippen LogP contribution in [0.4, 0.5) is 0 Å². The van der Waals surface area contributed by atoms with Gasteiger partial charge in [-0.1, -0.05) is 18.2 Å². The second kappa shape index (κ2) is 9.58. The molecule has 2 fully saturated rings. The Labute approximate surface area is 217 Å². The molecule has 8 heteroatoms. The van der Waals surface area contributed by atoms with Crippen molar-refractivity contribution >= 4 is 17.6 Å². The highest BCUT2D eigenvalue weighted by atomic mass is 16.5. The summed E-state index contributed by atoms with van der Waals surface area (Å²) in [4.78, 5) is 42.1. The van der Waals surface area contributed by atoms with E-state index in [-0.39, 0.29) is 29.8 Å². The van der Waals surface area contributed by atoms with Gasteiger partial charge in [0.2, 0.25) is 11.7 Å². The molecule has 0 aliphatic carbocycles. The van der Waals surface area contributed by atoms with E-state index in [1.54, 1.807) is 21.9 Å². The number of aliphatic hydroxyl groups is 1. The first kappa shape index (κ1) is 25.4. The predicted octanol–water partition coefficient (Wildman–Crippen LogP) is 3.31. The zero-order valence-electron chi connectivity index (χ0n) is 21.7. The van der Waals surface area contributed by atoms with Crippen LogP contribution in [-0.4, -0.2) is 82.6 Å². The number of amides is 2. The Kier molecular flexibility index (Phi) is 6.58. The van der Waals surface area contributed by atoms with E-state index in [0.29, 0.717) is 62.3 Å². The number of piperidine rings is 1. The fourth-order valence-electron chi connectivity index (χ4n) is 5.21. The number of hydrogen-bond acceptors (Lipinski definition) is 6. The minimum absolute atomic E-state index is 0.0270. The number of carbonyl (C=O) groups is 3. The van der Waals surface area contributed by atoms with Crippen LogP contribution in [0.1, 0.15) is 60.7 Å². The molecule has 0 bridgehead atoms. The van der Waals surface area contributed by atoms with Crippen LogP contribution >= 0.6 is 0 Å². The van der Waals surface area contributed by atoms with E-state index in [4.69, 9.17) is 9.47 Å². The number of hydrogen-bond donors (Lipinski definition) is 1. The summed E-state index contributed by atoms with van der Waals surface area (Å²) < 4.78 is 11.8. The quantitative estimate of drug-likeness (QED) is 0.684. The van der Waals surface area contributed by atoms with Gasteiger partial charge >= 0.3 is 0 Å². The molecule has 0 radical (unpaired) electrons. The fourth-order valence-corrected chi connectivity index (χ4v) is 5.21. The standard InChI is InChI=1S/C29H34N2O6/c1-28(2,3)36-18-25(33)30-14-11-29(12-15-30)26(34)23-16-21(8-9-24(23)37-29)19-4-6-20(7-5-19)27(35)31-13-10-22(32)17-31/h4-9,16,22,32H,10-15,17-18H2,1-3H3. The van der Waals surface area contributed by atoms with Crippen molar-refractivity contribution in [3.05, 3.63) is 53.6 Å². The van der Waals surface area contributed by atoms with Crippen molar-refractivity contribution in [1.29, 1.82) is 0 Å². The molecule has 8 nitrogen and oxygen atoms in total. The molecule has 2 amide bonds. The van der Waals surface area contributed by atoms with Crippen LogP contribution < -0.4 is 4.74 Å². The SMILES string of the molecule is CC(C)(C)OCC(=O)N1CCC2(CC1)Oc1ccc(-c3ccc(C(=O)N4CCC(O)C4)cc3)cc1C2=O. The van der Waals surface area contributed by atoms with Gasteiger partial charge in [-0.3, -0.25) is 14.4 Å². The Bertz CT molecular complexity index is 1210. The molecule has 1 spiro atoms. The van der Waals surface area contributed by atoms with Gasteiger partial charge in [-0.2, -0.15) is 0 Å². The second-order valence-corrected chi connectivity index (χ2v) is 11.2. The molecule has 2 aromatic rings. The average molecular weight is 507 g/mol. The van der Waals surface area contributed by atoms with E-state index in [1.165, 1.54) is 0 Å². The first-order chi connectivity index (χ1) is 17.5. The maximum atomic E-state index is 13.5. The number of Topliss-reactive ketones (excluding diaryl/α,β-unsaturated/α-hetero) is 1. The lowest BCUT2D eigenvalue weighted by Gasteiger charge is -2.37. The topological polar surface area (TPSA) is 96.4 Å². The summed E-state index contributed by atoms with van der Waals surface area (Å²) in [6, 6.07) is 12.9. The molecule has 196 valence electrons. The van der Waals surface area contributed by atoms with Crippen LogP contribution in [-0.2, 0) is 9.53 Å². The normalized spacial score (nSPS) is 20.8. The minimum atomic E-state index is -0.931. The second-order valence-electron chi connectivity index (χ2n) is 11.2. The summed E-state index contributed by atoms with van der Waals surface area (Å²) in [5, 5.41) is 9.71. The van der Waals surface area contributed by atoms with E-state index < -0.39 is 11.7 Å². The number of carbonyl (C=O) groups excluding carboxylic acids is 3. The maximum Gasteiger partial charge on any atom is 0.253 e. The summed E-state index contributed by atoms with van der Waals surface area (Å²) in [6.45, 7) is 7.59. The number of aliphatic hydroxyl groups excluding tert-OH is 1. The Balaban J connectivity index is 1.25. The molecule has 5 rings (SSSR count). The number of β-amino-alcohol motifs (C(OH)–C–C–N with tert-alkyl or cyclic N) is 1. The number of ketones is 1. The number of fused-ring (bicyclic) bond motifs is 1. The third-order valence-corrected chi connectivity index (χ3v) is 7.41. The lowest BCUT2D eigenvalue weighted by atomic mass is 9.85. The number of likely N-dealkylation sites (tertiary alicyclic amines) is 2. The van der Waals surface area contributed by atoms with Crippen molar-refractivity contribution in [1.82, 2.24) is 9.80 Å². The lowest BCUT2D eigenvalue weighted by Crippen LogP contribution is -2.52. The van der Waals surface area contributed by atoms with Crippen LogP contribution in [0, 0.1) is 0 Å². The molecule has 0 aromatic heterocycles. The first-order valence-electron chi connectivity index (χ1n) is 12.9. The molecule has 1 unspecified atom stereocenters. The lowest BCUT2D eigenvalue weighted by molar-refractivity contribution is -0.143. The van der Waals surface area contributed by atoms with E-state index in [2.05, 4.69) is 0 Å². The van der Waals surface area contributed by atoms with E-state index in [1.807, 2.05) is 51.1 Å². The molecular formula is C29H34N2O6. The summed E-state index contributed by atoms with van der Waals surface area (Å²) in [5.41, 5.74) is 1.58. The molecule has 2 aromatic carbocycles. The zero-order chi connectivity index (χ0) is 26.4. The van der Waals surface area contributed by atoms with Gasteiger partial charge in [-0.05, 0) is 62.6 Å². The van der Waals surface area contributed by atoms with Crippen LogP contribution in [0.2, 0.25) is 0 Å². The van der Waals surface area contributed by atoms with Gasteiger partial charge in [0.1, 0.15) is 12.4 Å². The van der Waals surface area contributed by atoms with Gasteiger partial charge in [0.15, 0.2) is 5.60 Å². The van der Waals surface area contributed by atoms with Crippen molar-refractivity contribution < 1.29 is 29.0 Å². The summed E-state index contributed by atoms with van der Waals surface area (Å²) >= 11 is 0. The smallest absolute Gasteiger partial charge is 0.253 e. The first-order valence-corrected chi connectivity index (χ1v) is 12.9. The zero-order valence-corrected chi connectivity index (χ0v) is 21.7. The highest BCUT2D eigenvalue weighted by Gasteiger charge is 2.50. The molecule has 3 aliphatic rings. The summed E-state index contributed by atoms with van der Waals surface area (Å²) in [5.74, 6) is 0.376.